The summed E-state index contributed by atoms with van der Waals surface area (Å²) in [7, 11) is 1.62. The van der Waals surface area contributed by atoms with Crippen LogP contribution < -0.4 is 14.8 Å². The number of hydrogen-bond donors (Lipinski definition) is 1. The number of rotatable bonds is 8. The maximum atomic E-state index is 12.0. The molecule has 0 fully saturated rings. The Morgan fingerprint density at radius 1 is 1.08 bits per heavy atom. The highest BCUT2D eigenvalue weighted by Crippen LogP contribution is 2.18. The summed E-state index contributed by atoms with van der Waals surface area (Å²) < 4.78 is 10.7. The van der Waals surface area contributed by atoms with E-state index in [-0.39, 0.29) is 11.9 Å². The largest absolute Gasteiger partial charge is 0.497 e. The van der Waals surface area contributed by atoms with Crippen molar-refractivity contribution in [3.05, 3.63) is 59.1 Å². The maximum absolute atomic E-state index is 12.0. The fourth-order valence-electron chi connectivity index (χ4n) is 2.24. The van der Waals surface area contributed by atoms with Crippen molar-refractivity contribution >= 4 is 17.5 Å². The molecule has 0 saturated carbocycles. The topological polar surface area (TPSA) is 47.6 Å². The second kappa shape index (κ2) is 9.18. The second-order valence-corrected chi connectivity index (χ2v) is 5.90. The quantitative estimate of drug-likeness (QED) is 0.721. The number of carbonyl (C=O) groups is 1. The first-order valence-corrected chi connectivity index (χ1v) is 8.28. The third-order valence-corrected chi connectivity index (χ3v) is 3.88. The van der Waals surface area contributed by atoms with Gasteiger partial charge in [0.2, 0.25) is 5.91 Å². The molecule has 5 heteroatoms. The maximum Gasteiger partial charge on any atom is 0.220 e. The molecule has 0 radical (unpaired) electrons. The SMILES string of the molecule is COc1ccc(OCCCC(=O)NC(C)c2ccc(Cl)cc2)cc1. The summed E-state index contributed by atoms with van der Waals surface area (Å²) >= 11 is 5.87. The van der Waals surface area contributed by atoms with E-state index >= 15 is 0 Å². The molecular weight excluding hydrogens is 326 g/mol. The van der Waals surface area contributed by atoms with Crippen LogP contribution in [0.25, 0.3) is 0 Å². The monoisotopic (exact) mass is 347 g/mol. The van der Waals surface area contributed by atoms with Gasteiger partial charge in [0.15, 0.2) is 0 Å². The van der Waals surface area contributed by atoms with Crippen molar-refractivity contribution in [2.45, 2.75) is 25.8 Å². The normalized spacial score (nSPS) is 11.6. The molecule has 1 atom stereocenters. The highest BCUT2D eigenvalue weighted by Gasteiger charge is 2.09. The molecule has 1 amide bonds. The minimum Gasteiger partial charge on any atom is -0.497 e. The molecule has 2 rings (SSSR count). The summed E-state index contributed by atoms with van der Waals surface area (Å²) in [6, 6.07) is 14.8. The number of halogens is 1. The van der Waals surface area contributed by atoms with Gasteiger partial charge in [0.05, 0.1) is 19.8 Å². The van der Waals surface area contributed by atoms with E-state index in [2.05, 4.69) is 5.32 Å². The van der Waals surface area contributed by atoms with Gasteiger partial charge in [0, 0.05) is 11.4 Å². The molecule has 128 valence electrons. The standard InChI is InChI=1S/C19H22ClNO3/c1-14(15-5-7-16(20)8-6-15)21-19(22)4-3-13-24-18-11-9-17(23-2)10-12-18/h5-12,14H,3-4,13H2,1-2H3,(H,21,22). The number of methoxy groups -OCH3 is 1. The number of ether oxygens (including phenoxy) is 2. The number of benzene rings is 2. The van der Waals surface area contributed by atoms with Crippen molar-refractivity contribution in [3.8, 4) is 11.5 Å². The third-order valence-electron chi connectivity index (χ3n) is 3.62. The Balaban J connectivity index is 1.68. The minimum atomic E-state index is -0.0442. The Bertz CT molecular complexity index is 641. The van der Waals surface area contributed by atoms with E-state index in [1.54, 1.807) is 7.11 Å². The third kappa shape index (κ3) is 5.78. The summed E-state index contributed by atoms with van der Waals surface area (Å²) in [5, 5.41) is 3.66. The fraction of sp³-hybridized carbons (Fsp3) is 0.316. The van der Waals surface area contributed by atoms with Crippen molar-refractivity contribution in [3.63, 3.8) is 0 Å². The van der Waals surface area contributed by atoms with Gasteiger partial charge >= 0.3 is 0 Å². The molecule has 4 nitrogen and oxygen atoms in total. The number of amides is 1. The van der Waals surface area contributed by atoms with Crippen molar-refractivity contribution in [1.29, 1.82) is 0 Å². The first-order chi connectivity index (χ1) is 11.6. The average Bonchev–Trinajstić information content (AvgIpc) is 2.59. The Morgan fingerprint density at radius 2 is 1.71 bits per heavy atom. The first kappa shape index (κ1) is 18.1. The molecule has 2 aromatic carbocycles. The van der Waals surface area contributed by atoms with Gasteiger partial charge in [-0.15, -0.1) is 0 Å². The van der Waals surface area contributed by atoms with E-state index in [0.717, 1.165) is 17.1 Å². The average molecular weight is 348 g/mol. The van der Waals surface area contributed by atoms with Crippen LogP contribution in [0.1, 0.15) is 31.4 Å². The molecular formula is C19H22ClNO3. The highest BCUT2D eigenvalue weighted by atomic mass is 35.5. The molecule has 0 aromatic heterocycles. The van der Waals surface area contributed by atoms with Crippen LogP contribution in [0.5, 0.6) is 11.5 Å². The van der Waals surface area contributed by atoms with E-state index < -0.39 is 0 Å². The van der Waals surface area contributed by atoms with Gasteiger partial charge in [-0.2, -0.15) is 0 Å². The number of hydrogen-bond acceptors (Lipinski definition) is 3. The minimum absolute atomic E-state index is 0.00998. The zero-order chi connectivity index (χ0) is 17.4. The lowest BCUT2D eigenvalue weighted by atomic mass is 10.1. The van der Waals surface area contributed by atoms with Crippen LogP contribution in [-0.2, 0) is 4.79 Å². The predicted molar refractivity (Wildman–Crippen MR) is 95.7 cm³/mol. The van der Waals surface area contributed by atoms with Gasteiger partial charge in [0.1, 0.15) is 11.5 Å². The summed E-state index contributed by atoms with van der Waals surface area (Å²) in [5.74, 6) is 1.57. The van der Waals surface area contributed by atoms with Gasteiger partial charge in [-0.25, -0.2) is 0 Å². The van der Waals surface area contributed by atoms with E-state index in [1.165, 1.54) is 0 Å². The molecule has 24 heavy (non-hydrogen) atoms. The summed E-state index contributed by atoms with van der Waals surface area (Å²) in [5.41, 5.74) is 1.03. The van der Waals surface area contributed by atoms with Crippen molar-refractivity contribution in [2.24, 2.45) is 0 Å². The molecule has 0 aliphatic heterocycles. The number of nitrogens with one attached hydrogen (secondary N) is 1. The number of carbonyl (C=O) groups excluding carboxylic acids is 1. The molecule has 2 aromatic rings. The molecule has 0 aliphatic rings. The molecule has 1 N–H and O–H groups in total. The molecule has 0 spiro atoms. The predicted octanol–water partition coefficient (Wildman–Crippen LogP) is 4.39. The molecule has 0 heterocycles. The molecule has 0 bridgehead atoms. The molecule has 1 unspecified atom stereocenters. The van der Waals surface area contributed by atoms with Gasteiger partial charge in [-0.05, 0) is 55.3 Å². The van der Waals surface area contributed by atoms with Crippen LogP contribution in [-0.4, -0.2) is 19.6 Å². The Hall–Kier alpha value is -2.20. The zero-order valence-corrected chi connectivity index (χ0v) is 14.7. The summed E-state index contributed by atoms with van der Waals surface area (Å²) in [4.78, 5) is 12.0. The van der Waals surface area contributed by atoms with Gasteiger partial charge < -0.3 is 14.8 Å². The van der Waals surface area contributed by atoms with E-state index in [0.29, 0.717) is 24.5 Å². The van der Waals surface area contributed by atoms with Crippen LogP contribution in [0.2, 0.25) is 5.02 Å². The lowest BCUT2D eigenvalue weighted by Crippen LogP contribution is -2.26. The van der Waals surface area contributed by atoms with Crippen molar-refractivity contribution in [2.75, 3.05) is 13.7 Å². The Kier molecular flexibility index (Phi) is 6.94. The summed E-state index contributed by atoms with van der Waals surface area (Å²) in [6.07, 6.45) is 1.08. The van der Waals surface area contributed by atoms with Crippen LogP contribution in [0, 0.1) is 0 Å². The smallest absolute Gasteiger partial charge is 0.220 e. The van der Waals surface area contributed by atoms with Gasteiger partial charge in [-0.1, -0.05) is 23.7 Å². The Morgan fingerprint density at radius 3 is 2.33 bits per heavy atom. The highest BCUT2D eigenvalue weighted by molar-refractivity contribution is 6.30. The van der Waals surface area contributed by atoms with Crippen LogP contribution in [0.3, 0.4) is 0 Å². The van der Waals surface area contributed by atoms with E-state index in [1.807, 2.05) is 55.5 Å². The van der Waals surface area contributed by atoms with E-state index in [4.69, 9.17) is 21.1 Å². The van der Waals surface area contributed by atoms with Crippen molar-refractivity contribution < 1.29 is 14.3 Å². The van der Waals surface area contributed by atoms with Gasteiger partial charge in [-0.3, -0.25) is 4.79 Å². The lowest BCUT2D eigenvalue weighted by molar-refractivity contribution is -0.121. The van der Waals surface area contributed by atoms with Crippen LogP contribution in [0.15, 0.2) is 48.5 Å². The molecule has 0 saturated heterocycles. The first-order valence-electron chi connectivity index (χ1n) is 7.90. The van der Waals surface area contributed by atoms with Crippen molar-refractivity contribution in [1.82, 2.24) is 5.32 Å². The lowest BCUT2D eigenvalue weighted by Gasteiger charge is -2.14. The Labute approximate surface area is 147 Å². The summed E-state index contributed by atoms with van der Waals surface area (Å²) in [6.45, 7) is 2.45. The fourth-order valence-corrected chi connectivity index (χ4v) is 2.37. The zero-order valence-electron chi connectivity index (χ0n) is 13.9. The van der Waals surface area contributed by atoms with E-state index in [9.17, 15) is 4.79 Å². The second-order valence-electron chi connectivity index (χ2n) is 5.47. The molecule has 0 aliphatic carbocycles. The van der Waals surface area contributed by atoms with Crippen LogP contribution >= 0.6 is 11.6 Å². The van der Waals surface area contributed by atoms with Gasteiger partial charge in [0.25, 0.3) is 0 Å². The van der Waals surface area contributed by atoms with Crippen LogP contribution in [0.4, 0.5) is 0 Å².